The Balaban J connectivity index is 1.69. The molecule has 2 aliphatic rings. The van der Waals surface area contributed by atoms with Gasteiger partial charge in [-0.25, -0.2) is 0 Å². The molecule has 1 saturated heterocycles. The predicted octanol–water partition coefficient (Wildman–Crippen LogP) is 1.18. The van der Waals surface area contributed by atoms with Crippen molar-refractivity contribution in [3.8, 4) is 0 Å². The van der Waals surface area contributed by atoms with Crippen LogP contribution in [0.4, 0.5) is 0 Å². The highest BCUT2D eigenvalue weighted by atomic mass is 16.3. The average molecular weight is 264 g/mol. The fourth-order valence-corrected chi connectivity index (χ4v) is 2.62. The Morgan fingerprint density at radius 1 is 1.21 bits per heavy atom. The van der Waals surface area contributed by atoms with Gasteiger partial charge in [0.25, 0.3) is 0 Å². The monoisotopic (exact) mass is 264 g/mol. The van der Waals surface area contributed by atoms with E-state index in [1.54, 1.807) is 0 Å². The minimum atomic E-state index is 0.203. The van der Waals surface area contributed by atoms with E-state index in [4.69, 9.17) is 5.11 Å². The zero-order valence-electron chi connectivity index (χ0n) is 11.6. The fraction of sp³-hybridized carbons (Fsp3) is 0.667. The smallest absolute Gasteiger partial charge is 0.222 e. The number of rotatable bonds is 5. The SMILES string of the molecule is O=C(CCC1=CCCC=C1)N1CCN(CCO)CC1. The number of carbonyl (C=O) groups excluding carboxylic acids is 1. The lowest BCUT2D eigenvalue weighted by molar-refractivity contribution is -0.132. The van der Waals surface area contributed by atoms with Crippen LogP contribution in [0.15, 0.2) is 23.8 Å². The lowest BCUT2D eigenvalue weighted by Gasteiger charge is -2.34. The second kappa shape index (κ2) is 7.46. The van der Waals surface area contributed by atoms with Crippen LogP contribution >= 0.6 is 0 Å². The van der Waals surface area contributed by atoms with Crippen molar-refractivity contribution in [2.75, 3.05) is 39.3 Å². The number of aliphatic hydroxyl groups is 1. The first-order valence-corrected chi connectivity index (χ1v) is 7.26. The maximum atomic E-state index is 12.1. The number of β-amino-alcohol motifs (C(OH)–C–C–N with tert-alkyl or cyclic N) is 1. The van der Waals surface area contributed by atoms with Crippen LogP contribution in [0.1, 0.15) is 25.7 Å². The van der Waals surface area contributed by atoms with E-state index in [9.17, 15) is 4.79 Å². The maximum Gasteiger partial charge on any atom is 0.222 e. The molecule has 1 N–H and O–H groups in total. The maximum absolute atomic E-state index is 12.1. The molecule has 4 nitrogen and oxygen atoms in total. The summed E-state index contributed by atoms with van der Waals surface area (Å²) in [5, 5.41) is 8.89. The van der Waals surface area contributed by atoms with Gasteiger partial charge in [-0.15, -0.1) is 0 Å². The molecule has 0 aromatic carbocycles. The number of aliphatic hydroxyl groups excluding tert-OH is 1. The highest BCUT2D eigenvalue weighted by molar-refractivity contribution is 5.76. The van der Waals surface area contributed by atoms with E-state index in [-0.39, 0.29) is 12.5 Å². The highest BCUT2D eigenvalue weighted by Gasteiger charge is 2.20. The second-order valence-corrected chi connectivity index (χ2v) is 5.20. The third-order valence-electron chi connectivity index (χ3n) is 3.84. The largest absolute Gasteiger partial charge is 0.395 e. The van der Waals surface area contributed by atoms with Gasteiger partial charge in [-0.2, -0.15) is 0 Å². The van der Waals surface area contributed by atoms with Gasteiger partial charge in [0, 0.05) is 39.1 Å². The van der Waals surface area contributed by atoms with Crippen LogP contribution in [0.25, 0.3) is 0 Å². The molecule has 1 aliphatic carbocycles. The van der Waals surface area contributed by atoms with E-state index in [1.807, 2.05) is 4.90 Å². The highest BCUT2D eigenvalue weighted by Crippen LogP contribution is 2.16. The molecule has 19 heavy (non-hydrogen) atoms. The molecular formula is C15H24N2O2. The molecule has 0 bridgehead atoms. The summed E-state index contributed by atoms with van der Waals surface area (Å²) in [4.78, 5) is 16.3. The number of allylic oxidation sites excluding steroid dienone is 4. The summed E-state index contributed by atoms with van der Waals surface area (Å²) >= 11 is 0. The van der Waals surface area contributed by atoms with E-state index < -0.39 is 0 Å². The molecule has 2 rings (SSSR count). The Morgan fingerprint density at radius 2 is 2.00 bits per heavy atom. The van der Waals surface area contributed by atoms with Gasteiger partial charge in [0.15, 0.2) is 0 Å². The average Bonchev–Trinajstić information content (AvgIpc) is 2.47. The van der Waals surface area contributed by atoms with Gasteiger partial charge >= 0.3 is 0 Å². The number of hydrogen-bond donors (Lipinski definition) is 1. The van der Waals surface area contributed by atoms with Crippen LogP contribution < -0.4 is 0 Å². The van der Waals surface area contributed by atoms with Crippen molar-refractivity contribution >= 4 is 5.91 Å². The summed E-state index contributed by atoms with van der Waals surface area (Å²) in [7, 11) is 0. The van der Waals surface area contributed by atoms with E-state index in [0.717, 1.165) is 52.0 Å². The van der Waals surface area contributed by atoms with Crippen LogP contribution in [0.3, 0.4) is 0 Å². The van der Waals surface area contributed by atoms with Crippen LogP contribution in [-0.4, -0.2) is 60.1 Å². The minimum absolute atomic E-state index is 0.203. The Labute approximate surface area is 115 Å². The zero-order chi connectivity index (χ0) is 13.5. The fourth-order valence-electron chi connectivity index (χ4n) is 2.62. The number of piperazine rings is 1. The first kappa shape index (κ1) is 14.3. The van der Waals surface area contributed by atoms with E-state index in [2.05, 4.69) is 23.1 Å². The molecule has 1 heterocycles. The molecule has 0 saturated carbocycles. The number of hydrogen-bond acceptors (Lipinski definition) is 3. The van der Waals surface area contributed by atoms with Gasteiger partial charge < -0.3 is 10.0 Å². The Kier molecular flexibility index (Phi) is 5.61. The van der Waals surface area contributed by atoms with Crippen molar-refractivity contribution in [2.24, 2.45) is 0 Å². The van der Waals surface area contributed by atoms with Gasteiger partial charge in [0.2, 0.25) is 5.91 Å². The standard InChI is InChI=1S/C15H24N2O2/c18-13-12-16-8-10-17(11-9-16)15(19)7-6-14-4-2-1-3-5-14/h2,4-5,18H,1,3,6-13H2. The van der Waals surface area contributed by atoms with Crippen LogP contribution in [0.2, 0.25) is 0 Å². The second-order valence-electron chi connectivity index (χ2n) is 5.20. The Morgan fingerprint density at radius 3 is 2.63 bits per heavy atom. The van der Waals surface area contributed by atoms with Gasteiger partial charge in [0.05, 0.1) is 6.61 Å². The number of nitrogens with zero attached hydrogens (tertiary/aromatic N) is 2. The quantitative estimate of drug-likeness (QED) is 0.811. The lowest BCUT2D eigenvalue weighted by atomic mass is 10.0. The van der Waals surface area contributed by atoms with Crippen LogP contribution in [0.5, 0.6) is 0 Å². The molecule has 0 unspecified atom stereocenters. The molecule has 106 valence electrons. The van der Waals surface area contributed by atoms with Gasteiger partial charge in [-0.1, -0.05) is 23.8 Å². The molecule has 0 aromatic rings. The van der Waals surface area contributed by atoms with Crippen molar-refractivity contribution in [3.63, 3.8) is 0 Å². The molecule has 0 atom stereocenters. The first-order valence-electron chi connectivity index (χ1n) is 7.26. The summed E-state index contributed by atoms with van der Waals surface area (Å²) in [5.74, 6) is 0.267. The van der Waals surface area contributed by atoms with Crippen molar-refractivity contribution in [2.45, 2.75) is 25.7 Å². The van der Waals surface area contributed by atoms with Crippen molar-refractivity contribution in [3.05, 3.63) is 23.8 Å². The Hall–Kier alpha value is -1.13. The van der Waals surface area contributed by atoms with Gasteiger partial charge in [-0.3, -0.25) is 9.69 Å². The molecule has 1 aliphatic heterocycles. The first-order chi connectivity index (χ1) is 9.29. The lowest BCUT2D eigenvalue weighted by Crippen LogP contribution is -2.49. The van der Waals surface area contributed by atoms with Crippen molar-refractivity contribution in [1.82, 2.24) is 9.80 Å². The van der Waals surface area contributed by atoms with Crippen molar-refractivity contribution < 1.29 is 9.90 Å². The zero-order valence-corrected chi connectivity index (χ0v) is 11.6. The molecule has 1 amide bonds. The number of carbonyl (C=O) groups is 1. The van der Waals surface area contributed by atoms with E-state index >= 15 is 0 Å². The van der Waals surface area contributed by atoms with E-state index in [0.29, 0.717) is 6.42 Å². The number of amides is 1. The minimum Gasteiger partial charge on any atom is -0.395 e. The molecule has 0 spiro atoms. The van der Waals surface area contributed by atoms with Crippen LogP contribution in [0, 0.1) is 0 Å². The summed E-state index contributed by atoms with van der Waals surface area (Å²) in [5.41, 5.74) is 1.30. The predicted molar refractivity (Wildman–Crippen MR) is 75.8 cm³/mol. The van der Waals surface area contributed by atoms with E-state index in [1.165, 1.54) is 5.57 Å². The third kappa shape index (κ3) is 4.48. The third-order valence-corrected chi connectivity index (χ3v) is 3.84. The topological polar surface area (TPSA) is 43.8 Å². The molecular weight excluding hydrogens is 240 g/mol. The molecule has 0 aromatic heterocycles. The molecule has 0 radical (unpaired) electrons. The normalized spacial score (nSPS) is 20.5. The molecule has 4 heteroatoms. The van der Waals surface area contributed by atoms with Gasteiger partial charge in [0.1, 0.15) is 0 Å². The summed E-state index contributed by atoms with van der Waals surface area (Å²) in [6.07, 6.45) is 10.3. The van der Waals surface area contributed by atoms with Crippen LogP contribution in [-0.2, 0) is 4.79 Å². The molecule has 1 fully saturated rings. The summed E-state index contributed by atoms with van der Waals surface area (Å²) < 4.78 is 0. The Bertz CT molecular complexity index is 355. The summed E-state index contributed by atoms with van der Waals surface area (Å²) in [6.45, 7) is 4.29. The van der Waals surface area contributed by atoms with Crippen molar-refractivity contribution in [1.29, 1.82) is 0 Å². The summed E-state index contributed by atoms with van der Waals surface area (Å²) in [6, 6.07) is 0. The van der Waals surface area contributed by atoms with Gasteiger partial charge in [-0.05, 0) is 19.3 Å².